The molecule has 0 radical (unpaired) electrons. The highest BCUT2D eigenvalue weighted by Crippen LogP contribution is 2.19. The van der Waals surface area contributed by atoms with E-state index in [1.54, 1.807) is 0 Å². The summed E-state index contributed by atoms with van der Waals surface area (Å²) in [6.07, 6.45) is 11.1. The zero-order valence-electron chi connectivity index (χ0n) is 17.5. The zero-order chi connectivity index (χ0) is 18.9. The molecule has 2 aliphatic rings. The molecule has 1 saturated carbocycles. The van der Waals surface area contributed by atoms with E-state index in [1.807, 2.05) is 0 Å². The topological polar surface area (TPSA) is 76.4 Å². The summed E-state index contributed by atoms with van der Waals surface area (Å²) in [7, 11) is 0. The number of rotatable bonds is 7. The Hall–Kier alpha value is -0.900. The van der Waals surface area contributed by atoms with E-state index in [2.05, 4.69) is 39.2 Å². The third-order valence-corrected chi connectivity index (χ3v) is 5.42. The lowest BCUT2D eigenvalue weighted by molar-refractivity contribution is 0.0487. The number of hydrogen-bond donors (Lipinski definition) is 2. The second kappa shape index (κ2) is 12.6. The molecule has 0 spiro atoms. The van der Waals surface area contributed by atoms with Gasteiger partial charge in [-0.15, -0.1) is 24.0 Å². The van der Waals surface area contributed by atoms with Crippen LogP contribution in [0.2, 0.25) is 0 Å². The molecule has 1 aliphatic carbocycles. The summed E-state index contributed by atoms with van der Waals surface area (Å²) in [6.45, 7) is 7.32. The minimum atomic E-state index is 0. The molecule has 2 N–H and O–H groups in total. The highest BCUT2D eigenvalue weighted by Gasteiger charge is 2.22. The van der Waals surface area contributed by atoms with Crippen molar-refractivity contribution >= 4 is 29.9 Å². The van der Waals surface area contributed by atoms with Crippen LogP contribution >= 0.6 is 24.0 Å². The number of halogens is 1. The predicted octanol–water partition coefficient (Wildman–Crippen LogP) is 3.07. The highest BCUT2D eigenvalue weighted by molar-refractivity contribution is 14.0. The molecule has 1 unspecified atom stereocenters. The van der Waals surface area contributed by atoms with E-state index in [0.29, 0.717) is 25.3 Å². The Morgan fingerprint density at radius 1 is 1.18 bits per heavy atom. The van der Waals surface area contributed by atoms with Crippen LogP contribution in [0.25, 0.3) is 0 Å². The van der Waals surface area contributed by atoms with Gasteiger partial charge in [0.25, 0.3) is 0 Å². The van der Waals surface area contributed by atoms with Gasteiger partial charge < -0.3 is 15.4 Å². The fourth-order valence-electron chi connectivity index (χ4n) is 3.93. The van der Waals surface area contributed by atoms with Crippen LogP contribution < -0.4 is 10.6 Å². The van der Waals surface area contributed by atoms with Crippen molar-refractivity contribution in [2.45, 2.75) is 90.3 Å². The molecule has 3 rings (SSSR count). The van der Waals surface area contributed by atoms with Gasteiger partial charge in [-0.3, -0.25) is 4.99 Å². The number of aliphatic imine (C=N–C) groups is 1. The van der Waals surface area contributed by atoms with Gasteiger partial charge in [0, 0.05) is 25.4 Å². The summed E-state index contributed by atoms with van der Waals surface area (Å²) in [4.78, 5) is 9.31. The number of fused-ring (bicyclic) bond motifs is 1. The van der Waals surface area contributed by atoms with Crippen LogP contribution in [0.5, 0.6) is 0 Å². The summed E-state index contributed by atoms with van der Waals surface area (Å²) in [5.41, 5.74) is 0. The van der Waals surface area contributed by atoms with Crippen LogP contribution in [0.1, 0.15) is 70.4 Å². The first-order valence-corrected chi connectivity index (χ1v) is 10.9. The Bertz CT molecular complexity index is 598. The first-order valence-electron chi connectivity index (χ1n) is 10.9. The molecule has 1 aromatic rings. The van der Waals surface area contributed by atoms with Crippen molar-refractivity contribution in [3.8, 4) is 0 Å². The molecular weight excluding hydrogens is 467 g/mol. The third-order valence-electron chi connectivity index (χ3n) is 5.42. The molecule has 0 amide bonds. The Balaban J connectivity index is 0.00000280. The van der Waals surface area contributed by atoms with Gasteiger partial charge in [-0.05, 0) is 26.2 Å². The van der Waals surface area contributed by atoms with Crippen LogP contribution in [0.4, 0.5) is 0 Å². The number of aromatic nitrogens is 3. The SMILES string of the molecule is CCNC(=NCCOC1CCCCCC1)NC1CCc2nc(CC)nn2C1.I. The van der Waals surface area contributed by atoms with E-state index in [-0.39, 0.29) is 24.0 Å². The molecule has 1 fully saturated rings. The van der Waals surface area contributed by atoms with Gasteiger partial charge in [0.15, 0.2) is 11.8 Å². The zero-order valence-corrected chi connectivity index (χ0v) is 19.8. The van der Waals surface area contributed by atoms with Crippen molar-refractivity contribution in [1.82, 2.24) is 25.4 Å². The quantitative estimate of drug-likeness (QED) is 0.196. The summed E-state index contributed by atoms with van der Waals surface area (Å²) < 4.78 is 8.11. The van der Waals surface area contributed by atoms with E-state index < -0.39 is 0 Å². The van der Waals surface area contributed by atoms with Gasteiger partial charge in [0.2, 0.25) is 0 Å². The molecule has 8 heteroatoms. The lowest BCUT2D eigenvalue weighted by atomic mass is 10.1. The normalized spacial score (nSPS) is 20.8. The molecule has 2 heterocycles. The van der Waals surface area contributed by atoms with E-state index in [9.17, 15) is 0 Å². The summed E-state index contributed by atoms with van der Waals surface area (Å²) in [5.74, 6) is 2.94. The summed E-state index contributed by atoms with van der Waals surface area (Å²) in [6, 6.07) is 0.337. The maximum atomic E-state index is 6.06. The molecule has 7 nitrogen and oxygen atoms in total. The van der Waals surface area contributed by atoms with Gasteiger partial charge in [-0.25, -0.2) is 9.67 Å². The average molecular weight is 504 g/mol. The Labute approximate surface area is 186 Å². The highest BCUT2D eigenvalue weighted by atomic mass is 127. The van der Waals surface area contributed by atoms with Gasteiger partial charge in [0.1, 0.15) is 5.82 Å². The maximum absolute atomic E-state index is 6.06. The van der Waals surface area contributed by atoms with E-state index in [0.717, 1.165) is 50.0 Å². The van der Waals surface area contributed by atoms with Crippen LogP contribution in [0.15, 0.2) is 4.99 Å². The molecule has 0 aromatic carbocycles. The number of hydrogen-bond acceptors (Lipinski definition) is 4. The first-order chi connectivity index (χ1) is 13.3. The fourth-order valence-corrected chi connectivity index (χ4v) is 3.93. The Morgan fingerprint density at radius 2 is 1.96 bits per heavy atom. The minimum Gasteiger partial charge on any atom is -0.376 e. The smallest absolute Gasteiger partial charge is 0.191 e. The average Bonchev–Trinajstić information content (AvgIpc) is 2.91. The number of ether oxygens (including phenoxy) is 1. The van der Waals surface area contributed by atoms with E-state index in [1.165, 1.54) is 38.5 Å². The Morgan fingerprint density at radius 3 is 2.68 bits per heavy atom. The largest absolute Gasteiger partial charge is 0.376 e. The maximum Gasteiger partial charge on any atom is 0.191 e. The molecule has 1 aliphatic heterocycles. The number of aryl methyl sites for hydroxylation is 2. The predicted molar refractivity (Wildman–Crippen MR) is 123 cm³/mol. The molecule has 160 valence electrons. The van der Waals surface area contributed by atoms with E-state index in [4.69, 9.17) is 9.73 Å². The Kier molecular flexibility index (Phi) is 10.5. The van der Waals surface area contributed by atoms with Crippen molar-refractivity contribution in [1.29, 1.82) is 0 Å². The van der Waals surface area contributed by atoms with Crippen LogP contribution in [0, 0.1) is 0 Å². The summed E-state index contributed by atoms with van der Waals surface area (Å²) >= 11 is 0. The molecule has 0 bridgehead atoms. The number of nitrogens with one attached hydrogen (secondary N) is 2. The lowest BCUT2D eigenvalue weighted by Gasteiger charge is -2.25. The molecule has 28 heavy (non-hydrogen) atoms. The molecular formula is C20H37IN6O. The van der Waals surface area contributed by atoms with Gasteiger partial charge in [0.05, 0.1) is 25.8 Å². The first kappa shape index (κ1) is 23.4. The molecule has 1 atom stereocenters. The minimum absolute atomic E-state index is 0. The lowest BCUT2D eigenvalue weighted by Crippen LogP contribution is -2.47. The van der Waals surface area contributed by atoms with Crippen molar-refractivity contribution in [2.24, 2.45) is 4.99 Å². The molecule has 1 aromatic heterocycles. The molecule has 0 saturated heterocycles. The monoisotopic (exact) mass is 504 g/mol. The third kappa shape index (κ3) is 7.17. The van der Waals surface area contributed by atoms with Crippen molar-refractivity contribution in [2.75, 3.05) is 19.7 Å². The van der Waals surface area contributed by atoms with Crippen LogP contribution in [-0.2, 0) is 24.1 Å². The van der Waals surface area contributed by atoms with Crippen LogP contribution in [-0.4, -0.2) is 52.6 Å². The second-order valence-corrected chi connectivity index (χ2v) is 7.60. The van der Waals surface area contributed by atoms with Gasteiger partial charge in [-0.2, -0.15) is 5.10 Å². The van der Waals surface area contributed by atoms with Crippen molar-refractivity contribution in [3.63, 3.8) is 0 Å². The standard InChI is InChI=1S/C20H36N6O.HI/c1-3-18-24-19-12-11-16(15-26(19)25-18)23-20(21-4-2)22-13-14-27-17-9-7-5-6-8-10-17;/h16-17H,3-15H2,1-2H3,(H2,21,22,23);1H. The second-order valence-electron chi connectivity index (χ2n) is 7.60. The van der Waals surface area contributed by atoms with Gasteiger partial charge >= 0.3 is 0 Å². The van der Waals surface area contributed by atoms with Gasteiger partial charge in [-0.1, -0.05) is 32.6 Å². The van der Waals surface area contributed by atoms with Crippen molar-refractivity contribution in [3.05, 3.63) is 11.6 Å². The van der Waals surface area contributed by atoms with Crippen molar-refractivity contribution < 1.29 is 4.74 Å². The van der Waals surface area contributed by atoms with E-state index >= 15 is 0 Å². The number of guanidine groups is 1. The summed E-state index contributed by atoms with van der Waals surface area (Å²) in [5, 5.41) is 11.5. The number of nitrogens with zero attached hydrogens (tertiary/aromatic N) is 4. The fraction of sp³-hybridized carbons (Fsp3) is 0.850. The van der Waals surface area contributed by atoms with Crippen LogP contribution in [0.3, 0.4) is 0 Å².